The van der Waals surface area contributed by atoms with Gasteiger partial charge in [-0.15, -0.1) is 0 Å². The molecule has 1 aliphatic rings. The summed E-state index contributed by atoms with van der Waals surface area (Å²) in [4.78, 5) is 16.3. The molecule has 0 aliphatic heterocycles. The van der Waals surface area contributed by atoms with Gasteiger partial charge in [-0.05, 0) is 26.2 Å². The largest absolute Gasteiger partial charge is 0.485 e. The molecule has 0 aromatic carbocycles. The zero-order chi connectivity index (χ0) is 15.5. The third kappa shape index (κ3) is 3.29. The smallest absolute Gasteiger partial charge is 0.240 e. The van der Waals surface area contributed by atoms with Gasteiger partial charge in [-0.25, -0.2) is 4.98 Å². The number of ether oxygens (including phenoxy) is 1. The average Bonchev–Trinajstić information content (AvgIpc) is 3.16. The maximum Gasteiger partial charge on any atom is 0.240 e. The molecule has 7 heteroatoms. The first-order valence-corrected chi connectivity index (χ1v) is 7.54. The van der Waals surface area contributed by atoms with E-state index < -0.39 is 0 Å². The minimum Gasteiger partial charge on any atom is -0.485 e. The molecule has 7 nitrogen and oxygen atoms in total. The monoisotopic (exact) mass is 303 g/mol. The number of rotatable bonds is 5. The lowest BCUT2D eigenvalue weighted by Crippen LogP contribution is -2.43. The lowest BCUT2D eigenvalue weighted by molar-refractivity contribution is -0.122. The lowest BCUT2D eigenvalue weighted by Gasteiger charge is -2.21. The van der Waals surface area contributed by atoms with Gasteiger partial charge in [0.1, 0.15) is 18.5 Å². The van der Waals surface area contributed by atoms with E-state index >= 15 is 0 Å². The van der Waals surface area contributed by atoms with Gasteiger partial charge in [0.05, 0.1) is 18.4 Å². The van der Waals surface area contributed by atoms with Crippen LogP contribution in [0.2, 0.25) is 0 Å². The zero-order valence-corrected chi connectivity index (χ0v) is 12.9. The van der Waals surface area contributed by atoms with Gasteiger partial charge in [0.15, 0.2) is 5.75 Å². The summed E-state index contributed by atoms with van der Waals surface area (Å²) in [5.74, 6) is 1.58. The van der Waals surface area contributed by atoms with Gasteiger partial charge < -0.3 is 14.6 Å². The highest BCUT2D eigenvalue weighted by atomic mass is 16.5. The molecule has 1 N–H and O–H groups in total. The first-order chi connectivity index (χ1) is 10.6. The predicted molar refractivity (Wildman–Crippen MR) is 80.4 cm³/mol. The van der Waals surface area contributed by atoms with Crippen LogP contribution in [-0.2, 0) is 18.4 Å². The first kappa shape index (κ1) is 14.6. The van der Waals surface area contributed by atoms with Gasteiger partial charge in [0.2, 0.25) is 5.91 Å². The molecular formula is C15H21N5O2. The molecule has 1 aliphatic carbocycles. The molecule has 1 amide bonds. The zero-order valence-electron chi connectivity index (χ0n) is 12.9. The molecule has 0 radical (unpaired) electrons. The number of amides is 1. The van der Waals surface area contributed by atoms with Crippen LogP contribution in [0, 0.1) is 6.92 Å². The molecule has 22 heavy (non-hydrogen) atoms. The quantitative estimate of drug-likeness (QED) is 0.895. The Hall–Kier alpha value is -2.31. The molecule has 0 unspecified atom stereocenters. The number of nitrogens with zero attached hydrogens (tertiary/aromatic N) is 4. The van der Waals surface area contributed by atoms with Crippen molar-refractivity contribution in [2.75, 3.05) is 0 Å². The number of aromatic nitrogens is 4. The first-order valence-electron chi connectivity index (χ1n) is 7.54. The Morgan fingerprint density at radius 2 is 2.36 bits per heavy atom. The standard InChI is InChI=1S/C15H21N5O2/c1-11-16-6-7-20(11)10-15(21)18-13-4-3-5-14(13)22-12-8-17-19(2)9-12/h6-9,13-14H,3-5,10H2,1-2H3,(H,18,21)/t13-,14+/m0/s1. The summed E-state index contributed by atoms with van der Waals surface area (Å²) in [5, 5.41) is 7.18. The highest BCUT2D eigenvalue weighted by Crippen LogP contribution is 2.24. The summed E-state index contributed by atoms with van der Waals surface area (Å²) in [5.41, 5.74) is 0. The van der Waals surface area contributed by atoms with Crippen LogP contribution < -0.4 is 10.1 Å². The second-order valence-corrected chi connectivity index (χ2v) is 5.71. The Bertz CT molecular complexity index is 648. The number of aryl methyl sites for hydroxylation is 2. The fourth-order valence-corrected chi connectivity index (χ4v) is 2.84. The van der Waals surface area contributed by atoms with Gasteiger partial charge in [-0.1, -0.05) is 0 Å². The van der Waals surface area contributed by atoms with Gasteiger partial charge in [-0.3, -0.25) is 9.48 Å². The average molecular weight is 303 g/mol. The minimum absolute atomic E-state index is 0.00668. The normalized spacial score (nSPS) is 21.0. The fourth-order valence-electron chi connectivity index (χ4n) is 2.84. The molecule has 1 saturated carbocycles. The van der Waals surface area contributed by atoms with Gasteiger partial charge in [0, 0.05) is 19.4 Å². The fraction of sp³-hybridized carbons (Fsp3) is 0.533. The van der Waals surface area contributed by atoms with E-state index in [1.54, 1.807) is 17.1 Å². The van der Waals surface area contributed by atoms with Crippen LogP contribution in [0.5, 0.6) is 5.75 Å². The third-order valence-corrected chi connectivity index (χ3v) is 4.01. The summed E-state index contributed by atoms with van der Waals surface area (Å²) < 4.78 is 9.49. The van der Waals surface area contributed by atoms with E-state index in [0.29, 0.717) is 6.54 Å². The van der Waals surface area contributed by atoms with Crippen molar-refractivity contribution in [2.24, 2.45) is 7.05 Å². The van der Waals surface area contributed by atoms with Crippen molar-refractivity contribution in [3.8, 4) is 5.75 Å². The van der Waals surface area contributed by atoms with Crippen molar-refractivity contribution in [1.82, 2.24) is 24.6 Å². The molecule has 3 rings (SSSR count). The maximum absolute atomic E-state index is 12.2. The van der Waals surface area contributed by atoms with E-state index in [1.165, 1.54) is 0 Å². The number of carbonyl (C=O) groups excluding carboxylic acids is 1. The van der Waals surface area contributed by atoms with E-state index in [2.05, 4.69) is 15.4 Å². The summed E-state index contributed by atoms with van der Waals surface area (Å²) >= 11 is 0. The third-order valence-electron chi connectivity index (χ3n) is 4.01. The summed E-state index contributed by atoms with van der Waals surface area (Å²) in [6.07, 6.45) is 10.0. The van der Waals surface area contributed by atoms with Crippen LogP contribution in [0.3, 0.4) is 0 Å². The van der Waals surface area contributed by atoms with Gasteiger partial charge in [-0.2, -0.15) is 5.10 Å². The van der Waals surface area contributed by atoms with Crippen molar-refractivity contribution in [3.05, 3.63) is 30.6 Å². The Kier molecular flexibility index (Phi) is 4.13. The second-order valence-electron chi connectivity index (χ2n) is 5.71. The molecule has 0 spiro atoms. The van der Waals surface area contributed by atoms with Crippen molar-refractivity contribution in [1.29, 1.82) is 0 Å². The molecule has 2 aromatic rings. The molecule has 0 saturated heterocycles. The predicted octanol–water partition coefficient (Wildman–Crippen LogP) is 1.04. The van der Waals surface area contributed by atoms with Crippen LogP contribution in [0.25, 0.3) is 0 Å². The molecule has 2 aromatic heterocycles. The highest BCUT2D eigenvalue weighted by molar-refractivity contribution is 5.76. The molecule has 0 bridgehead atoms. The Labute approximate surface area is 129 Å². The number of hydrogen-bond acceptors (Lipinski definition) is 4. The summed E-state index contributed by atoms with van der Waals surface area (Å²) in [6.45, 7) is 2.18. The van der Waals surface area contributed by atoms with Crippen molar-refractivity contribution in [3.63, 3.8) is 0 Å². The van der Waals surface area contributed by atoms with Crippen LogP contribution >= 0.6 is 0 Å². The lowest BCUT2D eigenvalue weighted by atomic mass is 10.2. The van der Waals surface area contributed by atoms with Crippen LogP contribution in [0.1, 0.15) is 25.1 Å². The van der Waals surface area contributed by atoms with Gasteiger partial charge >= 0.3 is 0 Å². The Morgan fingerprint density at radius 3 is 3.05 bits per heavy atom. The molecule has 1 fully saturated rings. The van der Waals surface area contributed by atoms with E-state index in [1.807, 2.05) is 30.9 Å². The van der Waals surface area contributed by atoms with Crippen LogP contribution in [0.4, 0.5) is 0 Å². The van der Waals surface area contributed by atoms with E-state index in [4.69, 9.17) is 4.74 Å². The van der Waals surface area contributed by atoms with Crippen LogP contribution in [-0.4, -0.2) is 37.4 Å². The Balaban J connectivity index is 1.56. The maximum atomic E-state index is 12.2. The van der Waals surface area contributed by atoms with Crippen LogP contribution in [0.15, 0.2) is 24.8 Å². The van der Waals surface area contributed by atoms with Crippen molar-refractivity contribution < 1.29 is 9.53 Å². The van der Waals surface area contributed by atoms with E-state index in [-0.39, 0.29) is 18.1 Å². The SMILES string of the molecule is Cc1nccn1CC(=O)N[C@H]1CCC[C@H]1Oc1cnn(C)c1. The topological polar surface area (TPSA) is 74.0 Å². The molecule has 2 heterocycles. The number of nitrogens with one attached hydrogen (secondary N) is 1. The summed E-state index contributed by atoms with van der Waals surface area (Å²) in [6, 6.07) is 0.0523. The molecule has 118 valence electrons. The number of imidazole rings is 1. The van der Waals surface area contributed by atoms with E-state index in [0.717, 1.165) is 30.8 Å². The number of carbonyl (C=O) groups is 1. The second kappa shape index (κ2) is 6.21. The van der Waals surface area contributed by atoms with Crippen molar-refractivity contribution >= 4 is 5.91 Å². The highest BCUT2D eigenvalue weighted by Gasteiger charge is 2.30. The summed E-state index contributed by atoms with van der Waals surface area (Å²) in [7, 11) is 1.86. The van der Waals surface area contributed by atoms with Crippen molar-refractivity contribution in [2.45, 2.75) is 44.9 Å². The molecule has 2 atom stereocenters. The molecular weight excluding hydrogens is 282 g/mol. The number of hydrogen-bond donors (Lipinski definition) is 1. The van der Waals surface area contributed by atoms with E-state index in [9.17, 15) is 4.79 Å². The van der Waals surface area contributed by atoms with Gasteiger partial charge in [0.25, 0.3) is 0 Å². The Morgan fingerprint density at radius 1 is 1.50 bits per heavy atom. The minimum atomic E-state index is -0.00668.